The van der Waals surface area contributed by atoms with Gasteiger partial charge in [0.05, 0.1) is 26.9 Å². The molecule has 0 aliphatic rings. The van der Waals surface area contributed by atoms with Crippen molar-refractivity contribution in [2.75, 3.05) is 0 Å². The Morgan fingerprint density at radius 2 is 1.52 bits per heavy atom. The van der Waals surface area contributed by atoms with Crippen molar-refractivity contribution in [2.45, 2.75) is 19.5 Å². The normalized spacial score (nSPS) is 11.1. The van der Waals surface area contributed by atoms with Crippen LogP contribution in [0.4, 0.5) is 0 Å². The number of rotatable bonds is 6. The third-order valence-electron chi connectivity index (χ3n) is 4.19. The summed E-state index contributed by atoms with van der Waals surface area (Å²) in [4.78, 5) is 25.4. The third-order valence-corrected chi connectivity index (χ3v) is 6.04. The largest absolute Gasteiger partial charge is 0.347 e. The molecule has 0 aliphatic heterocycles. The van der Waals surface area contributed by atoms with Gasteiger partial charge in [0.2, 0.25) is 0 Å². The Kier molecular flexibility index (Phi) is 6.40. The van der Waals surface area contributed by atoms with Crippen LogP contribution < -0.4 is 10.6 Å². The fraction of sp³-hybridized carbons (Fsp3) is 0.143. The van der Waals surface area contributed by atoms with Crippen LogP contribution in [0.3, 0.4) is 0 Å². The average molecular weight is 421 g/mol. The first kappa shape index (κ1) is 20.3. The van der Waals surface area contributed by atoms with Gasteiger partial charge in [0, 0.05) is 17.3 Å². The smallest absolute Gasteiger partial charge is 0.261 e. The summed E-state index contributed by atoms with van der Waals surface area (Å²) in [6, 6.07) is 14.6. The first-order chi connectivity index (χ1) is 14.0. The van der Waals surface area contributed by atoms with E-state index in [-0.39, 0.29) is 17.9 Å². The molecule has 0 bridgehead atoms. The molecule has 0 saturated carbocycles. The lowest BCUT2D eigenvalue weighted by Gasteiger charge is -2.14. The summed E-state index contributed by atoms with van der Waals surface area (Å²) in [5, 5.41) is 26.7. The molecule has 0 spiro atoms. The molecule has 0 radical (unpaired) electrons. The minimum Gasteiger partial charge on any atom is -0.347 e. The number of thiophene rings is 2. The molecular weight excluding hydrogens is 404 g/mol. The number of benzene rings is 1. The molecule has 1 unspecified atom stereocenters. The van der Waals surface area contributed by atoms with Crippen LogP contribution in [0.5, 0.6) is 0 Å². The Hall–Kier alpha value is -3.46. The molecular formula is C21H16N4O2S2. The Labute approximate surface area is 176 Å². The molecule has 2 amide bonds. The molecule has 6 nitrogen and oxygen atoms in total. The molecule has 0 fully saturated rings. The van der Waals surface area contributed by atoms with E-state index in [0.29, 0.717) is 27.4 Å². The number of carbonyl (C=O) groups excluding carboxylic acids is 2. The summed E-state index contributed by atoms with van der Waals surface area (Å²) >= 11 is 2.48. The number of nitrogens with zero attached hydrogens (tertiary/aromatic N) is 2. The topological polar surface area (TPSA) is 106 Å². The van der Waals surface area contributed by atoms with Crippen LogP contribution in [-0.4, -0.2) is 11.8 Å². The van der Waals surface area contributed by atoms with Gasteiger partial charge >= 0.3 is 0 Å². The van der Waals surface area contributed by atoms with E-state index >= 15 is 0 Å². The maximum Gasteiger partial charge on any atom is 0.261 e. The second-order valence-electron chi connectivity index (χ2n) is 6.24. The molecule has 2 N–H and O–H groups in total. The lowest BCUT2D eigenvalue weighted by atomic mass is 10.1. The first-order valence-electron chi connectivity index (χ1n) is 8.65. The van der Waals surface area contributed by atoms with Crippen LogP contribution in [0.25, 0.3) is 0 Å². The zero-order valence-corrected chi connectivity index (χ0v) is 17.1. The number of amides is 2. The Morgan fingerprint density at radius 1 is 0.966 bits per heavy atom. The minimum atomic E-state index is -0.215. The Balaban J connectivity index is 1.55. The molecule has 2 heterocycles. The molecule has 29 heavy (non-hydrogen) atoms. The van der Waals surface area contributed by atoms with Gasteiger partial charge in [0.15, 0.2) is 0 Å². The summed E-state index contributed by atoms with van der Waals surface area (Å²) in [5.74, 6) is -0.429. The van der Waals surface area contributed by atoms with E-state index in [1.54, 1.807) is 22.9 Å². The van der Waals surface area contributed by atoms with Gasteiger partial charge in [-0.15, -0.1) is 22.7 Å². The van der Waals surface area contributed by atoms with E-state index in [1.807, 2.05) is 43.3 Å². The van der Waals surface area contributed by atoms with Crippen LogP contribution in [0.15, 0.2) is 47.2 Å². The highest BCUT2D eigenvalue weighted by atomic mass is 32.1. The van der Waals surface area contributed by atoms with Crippen molar-refractivity contribution >= 4 is 34.5 Å². The Morgan fingerprint density at radius 3 is 2.03 bits per heavy atom. The monoisotopic (exact) mass is 420 g/mol. The van der Waals surface area contributed by atoms with E-state index in [0.717, 1.165) is 11.1 Å². The fourth-order valence-corrected chi connectivity index (χ4v) is 4.06. The van der Waals surface area contributed by atoms with Gasteiger partial charge in [-0.2, -0.15) is 10.5 Å². The standard InChI is InChI=1S/C21H16N4O2S2/c1-13(25-21(27)19-7-16(9-23)12-29-19)17-4-2-14(3-5-17)10-24-20(26)18-6-15(8-22)11-28-18/h2-7,11-13H,10H2,1H3,(H,24,26)(H,25,27). The summed E-state index contributed by atoms with van der Waals surface area (Å²) < 4.78 is 0. The van der Waals surface area contributed by atoms with Crippen molar-refractivity contribution < 1.29 is 9.59 Å². The molecule has 0 saturated heterocycles. The maximum atomic E-state index is 12.3. The number of nitriles is 2. The number of carbonyl (C=O) groups is 2. The zero-order chi connectivity index (χ0) is 20.8. The molecule has 1 aromatic carbocycles. The van der Waals surface area contributed by atoms with E-state index < -0.39 is 0 Å². The second-order valence-corrected chi connectivity index (χ2v) is 8.06. The van der Waals surface area contributed by atoms with Gasteiger partial charge in [-0.05, 0) is 30.2 Å². The maximum absolute atomic E-state index is 12.3. The molecule has 3 aromatic rings. The van der Waals surface area contributed by atoms with Gasteiger partial charge < -0.3 is 10.6 Å². The van der Waals surface area contributed by atoms with Gasteiger partial charge in [-0.3, -0.25) is 9.59 Å². The predicted molar refractivity (Wildman–Crippen MR) is 112 cm³/mol. The summed E-state index contributed by atoms with van der Waals surface area (Å²) in [6.45, 7) is 2.25. The van der Waals surface area contributed by atoms with Gasteiger partial charge in [-0.1, -0.05) is 24.3 Å². The predicted octanol–water partition coefficient (Wildman–Crippen LogP) is 3.97. The average Bonchev–Trinajstić information content (AvgIpc) is 3.41. The molecule has 3 rings (SSSR count). The van der Waals surface area contributed by atoms with E-state index in [4.69, 9.17) is 10.5 Å². The number of hydrogen-bond acceptors (Lipinski definition) is 6. The molecule has 1 atom stereocenters. The van der Waals surface area contributed by atoms with E-state index in [1.165, 1.54) is 22.7 Å². The minimum absolute atomic E-state index is 0.200. The van der Waals surface area contributed by atoms with Crippen molar-refractivity contribution in [2.24, 2.45) is 0 Å². The van der Waals surface area contributed by atoms with E-state index in [2.05, 4.69) is 10.6 Å². The van der Waals surface area contributed by atoms with E-state index in [9.17, 15) is 9.59 Å². The molecule has 2 aromatic heterocycles. The second kappa shape index (κ2) is 9.16. The van der Waals surface area contributed by atoms with Crippen molar-refractivity contribution in [1.29, 1.82) is 10.5 Å². The van der Waals surface area contributed by atoms with Crippen LogP contribution >= 0.6 is 22.7 Å². The lowest BCUT2D eigenvalue weighted by molar-refractivity contribution is 0.0939. The van der Waals surface area contributed by atoms with Crippen molar-refractivity contribution in [3.8, 4) is 12.1 Å². The van der Waals surface area contributed by atoms with Crippen molar-refractivity contribution in [1.82, 2.24) is 10.6 Å². The fourth-order valence-electron chi connectivity index (χ4n) is 2.57. The Bertz CT molecular complexity index is 1120. The van der Waals surface area contributed by atoms with Crippen molar-refractivity contribution in [3.63, 3.8) is 0 Å². The van der Waals surface area contributed by atoms with Gasteiger partial charge in [0.25, 0.3) is 11.8 Å². The van der Waals surface area contributed by atoms with Crippen LogP contribution in [0, 0.1) is 22.7 Å². The number of nitrogens with one attached hydrogen (secondary N) is 2. The highest BCUT2D eigenvalue weighted by molar-refractivity contribution is 7.12. The molecule has 144 valence electrons. The first-order valence-corrected chi connectivity index (χ1v) is 10.4. The summed E-state index contributed by atoms with van der Waals surface area (Å²) in [7, 11) is 0. The number of hydrogen-bond donors (Lipinski definition) is 2. The van der Waals surface area contributed by atoms with Crippen LogP contribution in [0.1, 0.15) is 54.6 Å². The highest BCUT2D eigenvalue weighted by Gasteiger charge is 2.14. The zero-order valence-electron chi connectivity index (χ0n) is 15.4. The third kappa shape index (κ3) is 5.08. The van der Waals surface area contributed by atoms with Crippen LogP contribution in [0.2, 0.25) is 0 Å². The lowest BCUT2D eigenvalue weighted by Crippen LogP contribution is -2.26. The van der Waals surface area contributed by atoms with Crippen LogP contribution in [-0.2, 0) is 6.54 Å². The highest BCUT2D eigenvalue weighted by Crippen LogP contribution is 2.18. The van der Waals surface area contributed by atoms with Gasteiger partial charge in [-0.25, -0.2) is 0 Å². The molecule has 8 heteroatoms. The van der Waals surface area contributed by atoms with Gasteiger partial charge in [0.1, 0.15) is 12.1 Å². The summed E-state index contributed by atoms with van der Waals surface area (Å²) in [6.07, 6.45) is 0. The molecule has 0 aliphatic carbocycles. The summed E-state index contributed by atoms with van der Waals surface area (Å²) in [5.41, 5.74) is 2.81. The SMILES string of the molecule is CC(NC(=O)c1cc(C#N)cs1)c1ccc(CNC(=O)c2cc(C#N)cs2)cc1. The van der Waals surface area contributed by atoms with Crippen molar-refractivity contribution in [3.05, 3.63) is 79.2 Å². The quantitative estimate of drug-likeness (QED) is 0.629.